The van der Waals surface area contributed by atoms with E-state index in [2.05, 4.69) is 31.4 Å². The summed E-state index contributed by atoms with van der Waals surface area (Å²) in [7, 11) is 1.75. The molecular weight excluding hydrogens is 288 g/mol. The Bertz CT molecular complexity index is 213. The molecule has 3 unspecified atom stereocenters. The maximum absolute atomic E-state index is 5.67. The van der Waals surface area contributed by atoms with E-state index in [-0.39, 0.29) is 0 Å². The molecule has 2 rings (SSSR count). The van der Waals surface area contributed by atoms with Gasteiger partial charge in [-0.3, -0.25) is 0 Å². The van der Waals surface area contributed by atoms with Gasteiger partial charge in [0.1, 0.15) is 0 Å². The Kier molecular flexibility index (Phi) is 19.8. The fourth-order valence-electron chi connectivity index (χ4n) is 2.74. The molecule has 0 aromatic heterocycles. The zero-order valence-electron chi connectivity index (χ0n) is 17.1. The highest BCUT2D eigenvalue weighted by molar-refractivity contribution is 4.79. The van der Waals surface area contributed by atoms with Gasteiger partial charge in [0.15, 0.2) is 0 Å². The lowest BCUT2D eigenvalue weighted by molar-refractivity contribution is 0.000932. The van der Waals surface area contributed by atoms with Crippen molar-refractivity contribution in [2.75, 3.05) is 26.8 Å². The minimum absolute atomic E-state index is 0.354. The van der Waals surface area contributed by atoms with Gasteiger partial charge < -0.3 is 20.1 Å². The molecule has 0 saturated carbocycles. The highest BCUT2D eigenvalue weighted by atomic mass is 16.5. The number of rotatable bonds is 5. The van der Waals surface area contributed by atoms with Crippen molar-refractivity contribution in [1.29, 1.82) is 0 Å². The largest absolute Gasteiger partial charge is 0.383 e. The van der Waals surface area contributed by atoms with Gasteiger partial charge in [-0.15, -0.1) is 0 Å². The van der Waals surface area contributed by atoms with Gasteiger partial charge in [0.05, 0.1) is 18.8 Å². The number of ether oxygens (including phenoxy) is 2. The Hall–Kier alpha value is -0.160. The van der Waals surface area contributed by atoms with Crippen molar-refractivity contribution >= 4 is 0 Å². The number of hydrogen-bond acceptors (Lipinski definition) is 4. The van der Waals surface area contributed by atoms with E-state index in [1.807, 2.05) is 27.7 Å². The molecule has 3 atom stereocenters. The van der Waals surface area contributed by atoms with Crippen LogP contribution in [0.5, 0.6) is 0 Å². The van der Waals surface area contributed by atoms with Crippen molar-refractivity contribution in [2.45, 2.75) is 98.4 Å². The second-order valence-electron chi connectivity index (χ2n) is 5.84. The summed E-state index contributed by atoms with van der Waals surface area (Å²) in [5.74, 6) is 0. The van der Waals surface area contributed by atoms with Gasteiger partial charge in [0, 0.05) is 19.2 Å². The van der Waals surface area contributed by atoms with E-state index in [1.165, 1.54) is 32.2 Å². The fourth-order valence-corrected chi connectivity index (χ4v) is 2.74. The molecule has 2 N–H and O–H groups in total. The van der Waals surface area contributed by atoms with E-state index in [0.717, 1.165) is 13.2 Å². The van der Waals surface area contributed by atoms with Gasteiger partial charge in [-0.25, -0.2) is 0 Å². The van der Waals surface area contributed by atoms with E-state index < -0.39 is 0 Å². The van der Waals surface area contributed by atoms with E-state index in [9.17, 15) is 0 Å². The molecule has 142 valence electrons. The summed E-state index contributed by atoms with van der Waals surface area (Å²) in [5, 5.41) is 6.77. The molecule has 4 heteroatoms. The van der Waals surface area contributed by atoms with Crippen molar-refractivity contribution in [1.82, 2.24) is 10.6 Å². The summed E-state index contributed by atoms with van der Waals surface area (Å²) in [5.41, 5.74) is 0. The van der Waals surface area contributed by atoms with Crippen molar-refractivity contribution in [2.24, 2.45) is 0 Å². The van der Waals surface area contributed by atoms with Crippen molar-refractivity contribution in [3.05, 3.63) is 0 Å². The van der Waals surface area contributed by atoms with Gasteiger partial charge in [0.2, 0.25) is 0 Å². The number of methoxy groups -OCH3 is 1. The van der Waals surface area contributed by atoms with Gasteiger partial charge in [-0.2, -0.15) is 0 Å². The highest BCUT2D eigenvalue weighted by Crippen LogP contribution is 2.12. The zero-order valence-corrected chi connectivity index (χ0v) is 17.1. The first-order valence-corrected chi connectivity index (χ1v) is 9.74. The molecule has 2 heterocycles. The van der Waals surface area contributed by atoms with Gasteiger partial charge >= 0.3 is 0 Å². The maximum atomic E-state index is 5.67. The molecule has 0 radical (unpaired) electrons. The normalized spacial score (nSPS) is 23.9. The second kappa shape index (κ2) is 18.2. The van der Waals surface area contributed by atoms with Crippen LogP contribution in [0.15, 0.2) is 0 Å². The van der Waals surface area contributed by atoms with Crippen LogP contribution in [-0.2, 0) is 9.47 Å². The Morgan fingerprint density at radius 1 is 0.913 bits per heavy atom. The van der Waals surface area contributed by atoms with E-state index in [4.69, 9.17) is 9.47 Å². The summed E-state index contributed by atoms with van der Waals surface area (Å²) in [6.45, 7) is 17.5. The average Bonchev–Trinajstić information content (AvgIpc) is 3.25. The summed E-state index contributed by atoms with van der Waals surface area (Å²) >= 11 is 0. The van der Waals surface area contributed by atoms with Crippen LogP contribution in [0.1, 0.15) is 74.1 Å². The first-order valence-electron chi connectivity index (χ1n) is 9.74. The maximum Gasteiger partial charge on any atom is 0.0703 e. The topological polar surface area (TPSA) is 42.5 Å². The molecule has 2 aliphatic heterocycles. The minimum Gasteiger partial charge on any atom is -0.383 e. The van der Waals surface area contributed by atoms with Crippen LogP contribution in [-0.4, -0.2) is 51.1 Å². The van der Waals surface area contributed by atoms with Crippen molar-refractivity contribution in [3.63, 3.8) is 0 Å². The van der Waals surface area contributed by atoms with Crippen LogP contribution in [0.2, 0.25) is 0 Å². The molecule has 0 spiro atoms. The average molecular weight is 333 g/mol. The molecule has 0 aliphatic carbocycles. The van der Waals surface area contributed by atoms with Crippen LogP contribution in [0.4, 0.5) is 0 Å². The van der Waals surface area contributed by atoms with Crippen molar-refractivity contribution in [3.8, 4) is 0 Å². The summed E-state index contributed by atoms with van der Waals surface area (Å²) in [6.07, 6.45) is 5.90. The predicted octanol–water partition coefficient (Wildman–Crippen LogP) is 3.99. The molecular formula is C19H44N2O2. The molecule has 0 aromatic carbocycles. The van der Waals surface area contributed by atoms with Crippen molar-refractivity contribution < 1.29 is 9.47 Å². The highest BCUT2D eigenvalue weighted by Gasteiger charge is 2.21. The fraction of sp³-hybridized carbons (Fsp3) is 1.00. The van der Waals surface area contributed by atoms with E-state index >= 15 is 0 Å². The third-order valence-electron chi connectivity index (χ3n) is 3.68. The quantitative estimate of drug-likeness (QED) is 0.799. The molecule has 0 aromatic rings. The van der Waals surface area contributed by atoms with Gasteiger partial charge in [-0.05, 0) is 59.5 Å². The van der Waals surface area contributed by atoms with E-state index in [0.29, 0.717) is 24.3 Å². The summed E-state index contributed by atoms with van der Waals surface area (Å²) in [6, 6.07) is 1.23. The predicted molar refractivity (Wildman–Crippen MR) is 102 cm³/mol. The van der Waals surface area contributed by atoms with Crippen LogP contribution in [0.25, 0.3) is 0 Å². The molecule has 2 saturated heterocycles. The molecule has 0 bridgehead atoms. The molecule has 2 aliphatic rings. The van der Waals surface area contributed by atoms with Crippen LogP contribution in [0, 0.1) is 0 Å². The minimum atomic E-state index is 0.354. The smallest absolute Gasteiger partial charge is 0.0703 e. The first-order chi connectivity index (χ1) is 11.1. The van der Waals surface area contributed by atoms with Crippen LogP contribution >= 0.6 is 0 Å². The van der Waals surface area contributed by atoms with E-state index in [1.54, 1.807) is 7.11 Å². The van der Waals surface area contributed by atoms with Crippen LogP contribution in [0.3, 0.4) is 0 Å². The first kappa shape index (κ1) is 25.1. The zero-order chi connectivity index (χ0) is 18.1. The molecule has 23 heavy (non-hydrogen) atoms. The lowest BCUT2D eigenvalue weighted by atomic mass is 10.1. The Morgan fingerprint density at radius 3 is 1.87 bits per heavy atom. The van der Waals surface area contributed by atoms with Gasteiger partial charge in [-0.1, -0.05) is 27.7 Å². The lowest BCUT2D eigenvalue weighted by Gasteiger charge is -2.22. The number of nitrogens with one attached hydrogen (secondary N) is 2. The Balaban J connectivity index is 0. The second-order valence-corrected chi connectivity index (χ2v) is 5.84. The summed E-state index contributed by atoms with van der Waals surface area (Å²) < 4.78 is 10.6. The standard InChI is InChI=1S/C9H19NO.C6H13NO.2C2H6/c1-7(2)11-8(3)9-5-4-6-10-9;1-8-5-6-3-2-4-7-6;2*1-2/h7-10H,4-6H2,1-3H3;6-7H,2-5H2,1H3;2*1-2H3. The number of hydrogen-bond donors (Lipinski definition) is 2. The molecule has 4 nitrogen and oxygen atoms in total. The summed E-state index contributed by atoms with van der Waals surface area (Å²) in [4.78, 5) is 0. The van der Waals surface area contributed by atoms with Gasteiger partial charge in [0.25, 0.3) is 0 Å². The monoisotopic (exact) mass is 332 g/mol. The molecule has 0 amide bonds. The Labute approximate surface area is 146 Å². The SMILES string of the molecule is CC.CC.CC(C)OC(C)C1CCCN1.COCC1CCCN1. The Morgan fingerprint density at radius 2 is 1.48 bits per heavy atom. The lowest BCUT2D eigenvalue weighted by Crippen LogP contribution is -2.36. The third kappa shape index (κ3) is 13.9. The van der Waals surface area contributed by atoms with Crippen LogP contribution < -0.4 is 10.6 Å². The molecule has 2 fully saturated rings. The third-order valence-corrected chi connectivity index (χ3v) is 3.68.